The van der Waals surface area contributed by atoms with Crippen LogP contribution in [0.3, 0.4) is 0 Å². The Balaban J connectivity index is 1.54. The van der Waals surface area contributed by atoms with E-state index in [4.69, 9.17) is 11.6 Å². The van der Waals surface area contributed by atoms with Gasteiger partial charge in [-0.05, 0) is 37.1 Å². The van der Waals surface area contributed by atoms with E-state index in [1.165, 1.54) is 5.56 Å². The number of rotatable bonds is 3. The first-order valence-corrected chi connectivity index (χ1v) is 9.54. The highest BCUT2D eigenvalue weighted by Gasteiger charge is 2.22. The number of benzene rings is 2. The van der Waals surface area contributed by atoms with E-state index >= 15 is 0 Å². The maximum absolute atomic E-state index is 12.6. The topological polar surface area (TPSA) is 52.7 Å². The van der Waals surface area contributed by atoms with E-state index in [9.17, 15) is 9.59 Å². The minimum absolute atomic E-state index is 0.107. The number of hydrogen-bond acceptors (Lipinski definition) is 2. The lowest BCUT2D eigenvalue weighted by Gasteiger charge is -2.22. The lowest BCUT2D eigenvalue weighted by molar-refractivity contribution is -0.130. The summed E-state index contributed by atoms with van der Waals surface area (Å²) in [6.07, 6.45) is 1.16. The van der Waals surface area contributed by atoms with Crippen molar-refractivity contribution >= 4 is 29.2 Å². The van der Waals surface area contributed by atoms with Gasteiger partial charge in [0.25, 0.3) is 0 Å². The van der Waals surface area contributed by atoms with Crippen LogP contribution in [-0.4, -0.2) is 47.9 Å². The second-order valence-corrected chi connectivity index (χ2v) is 7.26. The molecular weight excluding hydrogens is 362 g/mol. The predicted molar refractivity (Wildman–Crippen MR) is 108 cm³/mol. The van der Waals surface area contributed by atoms with Crippen LogP contribution >= 0.6 is 11.6 Å². The third kappa shape index (κ3) is 5.47. The molecule has 0 radical (unpaired) electrons. The zero-order chi connectivity index (χ0) is 19.2. The smallest absolute Gasteiger partial charge is 0.321 e. The third-order valence-electron chi connectivity index (χ3n) is 4.69. The number of carbonyl (C=O) groups is 2. The summed E-state index contributed by atoms with van der Waals surface area (Å²) in [6, 6.07) is 15.0. The molecule has 6 heteroatoms. The second-order valence-electron chi connectivity index (χ2n) is 6.82. The summed E-state index contributed by atoms with van der Waals surface area (Å²) in [5, 5.41) is 3.45. The van der Waals surface area contributed by atoms with Crippen molar-refractivity contribution in [1.29, 1.82) is 0 Å². The molecule has 0 bridgehead atoms. The molecule has 1 heterocycles. The molecule has 1 N–H and O–H groups in total. The van der Waals surface area contributed by atoms with E-state index in [1.807, 2.05) is 36.1 Å². The third-order valence-corrected chi connectivity index (χ3v) is 4.92. The van der Waals surface area contributed by atoms with Crippen molar-refractivity contribution in [1.82, 2.24) is 9.80 Å². The molecule has 5 nitrogen and oxygen atoms in total. The van der Waals surface area contributed by atoms with E-state index in [-0.39, 0.29) is 11.9 Å². The van der Waals surface area contributed by atoms with Crippen molar-refractivity contribution in [3.05, 3.63) is 64.7 Å². The first-order chi connectivity index (χ1) is 13.0. The van der Waals surface area contributed by atoms with E-state index in [2.05, 4.69) is 5.32 Å². The maximum atomic E-state index is 12.6. The fourth-order valence-corrected chi connectivity index (χ4v) is 3.32. The number of nitrogens with one attached hydrogen (secondary N) is 1. The number of aryl methyl sites for hydroxylation is 1. The van der Waals surface area contributed by atoms with E-state index in [0.717, 1.165) is 12.0 Å². The van der Waals surface area contributed by atoms with Gasteiger partial charge in [0.2, 0.25) is 5.91 Å². The molecule has 0 aliphatic carbocycles. The lowest BCUT2D eigenvalue weighted by Crippen LogP contribution is -2.39. The fraction of sp³-hybridized carbons (Fsp3) is 0.333. The Bertz CT molecular complexity index is 807. The predicted octanol–water partition coefficient (Wildman–Crippen LogP) is 3.96. The molecule has 0 atom stereocenters. The van der Waals surface area contributed by atoms with Gasteiger partial charge in [-0.15, -0.1) is 0 Å². The molecule has 0 aromatic heterocycles. The van der Waals surface area contributed by atoms with Gasteiger partial charge in [-0.25, -0.2) is 4.79 Å². The first kappa shape index (κ1) is 19.2. The fourth-order valence-electron chi connectivity index (χ4n) is 3.13. The number of carbonyl (C=O) groups excluding carboxylic acids is 2. The van der Waals surface area contributed by atoms with Crippen molar-refractivity contribution < 1.29 is 9.59 Å². The first-order valence-electron chi connectivity index (χ1n) is 9.16. The number of hydrogen-bond donors (Lipinski definition) is 1. The van der Waals surface area contributed by atoms with Crippen molar-refractivity contribution in [2.75, 3.05) is 31.5 Å². The van der Waals surface area contributed by atoms with Gasteiger partial charge in [0.05, 0.1) is 6.42 Å². The van der Waals surface area contributed by atoms with Gasteiger partial charge in [-0.3, -0.25) is 4.79 Å². The van der Waals surface area contributed by atoms with Gasteiger partial charge in [0, 0.05) is 36.9 Å². The summed E-state index contributed by atoms with van der Waals surface area (Å²) in [7, 11) is 0. The molecule has 1 aliphatic heterocycles. The number of anilines is 1. The standard InChI is InChI=1S/C21H24ClN3O2/c1-16-6-8-17(9-7-16)14-20(26)24-10-3-11-25(13-12-24)21(27)23-19-5-2-4-18(22)15-19/h2,4-9,15H,3,10-14H2,1H3,(H,23,27). The minimum Gasteiger partial charge on any atom is -0.341 e. The molecule has 1 aliphatic rings. The molecule has 3 rings (SSSR count). The highest BCUT2D eigenvalue weighted by Crippen LogP contribution is 2.16. The summed E-state index contributed by atoms with van der Waals surface area (Å²) < 4.78 is 0. The van der Waals surface area contributed by atoms with Crippen LogP contribution in [0.25, 0.3) is 0 Å². The van der Waals surface area contributed by atoms with Crippen LogP contribution in [0.15, 0.2) is 48.5 Å². The molecule has 142 valence electrons. The summed E-state index contributed by atoms with van der Waals surface area (Å²) in [5.74, 6) is 0.107. The molecule has 3 amide bonds. The van der Waals surface area contributed by atoms with Gasteiger partial charge >= 0.3 is 6.03 Å². The van der Waals surface area contributed by atoms with Crippen molar-refractivity contribution in [3.63, 3.8) is 0 Å². The molecule has 0 unspecified atom stereocenters. The molecular formula is C21H24ClN3O2. The van der Waals surface area contributed by atoms with Gasteiger partial charge < -0.3 is 15.1 Å². The quantitative estimate of drug-likeness (QED) is 0.869. The second kappa shape index (κ2) is 8.91. The number of amides is 3. The molecule has 2 aromatic carbocycles. The van der Waals surface area contributed by atoms with Crippen LogP contribution in [0.2, 0.25) is 5.02 Å². The van der Waals surface area contributed by atoms with Gasteiger partial charge in [-0.1, -0.05) is 47.5 Å². The highest BCUT2D eigenvalue weighted by molar-refractivity contribution is 6.30. The van der Waals surface area contributed by atoms with Crippen molar-refractivity contribution in [3.8, 4) is 0 Å². The van der Waals surface area contributed by atoms with Crippen LogP contribution in [-0.2, 0) is 11.2 Å². The summed E-state index contributed by atoms with van der Waals surface area (Å²) in [6.45, 7) is 4.40. The maximum Gasteiger partial charge on any atom is 0.321 e. The minimum atomic E-state index is -0.162. The van der Waals surface area contributed by atoms with Crippen molar-refractivity contribution in [2.24, 2.45) is 0 Å². The zero-order valence-corrected chi connectivity index (χ0v) is 16.2. The molecule has 2 aromatic rings. The molecule has 27 heavy (non-hydrogen) atoms. The monoisotopic (exact) mass is 385 g/mol. The Labute approximate surface area is 164 Å². The summed E-state index contributed by atoms with van der Waals surface area (Å²) in [5.41, 5.74) is 2.87. The average molecular weight is 386 g/mol. The summed E-state index contributed by atoms with van der Waals surface area (Å²) >= 11 is 5.96. The Hall–Kier alpha value is -2.53. The SMILES string of the molecule is Cc1ccc(CC(=O)N2CCCN(C(=O)Nc3cccc(Cl)c3)CC2)cc1. The van der Waals surface area contributed by atoms with Crippen LogP contribution < -0.4 is 5.32 Å². The Morgan fingerprint density at radius 3 is 2.44 bits per heavy atom. The van der Waals surface area contributed by atoms with Crippen molar-refractivity contribution in [2.45, 2.75) is 19.8 Å². The van der Waals surface area contributed by atoms with E-state index in [1.54, 1.807) is 29.2 Å². The average Bonchev–Trinajstić information content (AvgIpc) is 2.90. The highest BCUT2D eigenvalue weighted by atomic mass is 35.5. The van der Waals surface area contributed by atoms with Crippen LogP contribution in [0, 0.1) is 6.92 Å². The Morgan fingerprint density at radius 2 is 1.70 bits per heavy atom. The molecule has 0 saturated carbocycles. The van der Waals surface area contributed by atoms with Crippen LogP contribution in [0.4, 0.5) is 10.5 Å². The normalized spacial score (nSPS) is 14.6. The van der Waals surface area contributed by atoms with Crippen LogP contribution in [0.5, 0.6) is 0 Å². The Kier molecular flexibility index (Phi) is 6.35. The largest absolute Gasteiger partial charge is 0.341 e. The molecule has 0 spiro atoms. The Morgan fingerprint density at radius 1 is 1.00 bits per heavy atom. The van der Waals surface area contributed by atoms with Gasteiger partial charge in [0.1, 0.15) is 0 Å². The van der Waals surface area contributed by atoms with Gasteiger partial charge in [0.15, 0.2) is 0 Å². The van der Waals surface area contributed by atoms with E-state index in [0.29, 0.717) is 43.3 Å². The summed E-state index contributed by atoms with van der Waals surface area (Å²) in [4.78, 5) is 28.7. The number of nitrogens with zero attached hydrogens (tertiary/aromatic N) is 2. The van der Waals surface area contributed by atoms with Crippen LogP contribution in [0.1, 0.15) is 17.5 Å². The molecule has 1 saturated heterocycles. The van der Waals surface area contributed by atoms with Gasteiger partial charge in [-0.2, -0.15) is 0 Å². The molecule has 1 fully saturated rings. The number of urea groups is 1. The number of halogens is 1. The van der Waals surface area contributed by atoms with E-state index < -0.39 is 0 Å². The lowest BCUT2D eigenvalue weighted by atomic mass is 10.1. The zero-order valence-electron chi connectivity index (χ0n) is 15.5.